The van der Waals surface area contributed by atoms with Crippen LogP contribution in [0.25, 0.3) is 0 Å². The molecule has 0 aromatic heterocycles. The Morgan fingerprint density at radius 3 is 2.39 bits per heavy atom. The molecule has 124 valence electrons. The third kappa shape index (κ3) is 2.78. The van der Waals surface area contributed by atoms with Gasteiger partial charge in [0.25, 0.3) is 5.91 Å². The molecule has 1 aliphatic rings. The normalized spacial score (nSPS) is 29.1. The van der Waals surface area contributed by atoms with Gasteiger partial charge in [-0.3, -0.25) is 4.79 Å². The Bertz CT molecular complexity index is 612. The van der Waals surface area contributed by atoms with Gasteiger partial charge in [0.15, 0.2) is 5.60 Å². The van der Waals surface area contributed by atoms with Crippen molar-refractivity contribution in [2.75, 3.05) is 0 Å². The fourth-order valence-electron chi connectivity index (χ4n) is 3.14. The van der Waals surface area contributed by atoms with Gasteiger partial charge in [0, 0.05) is 6.42 Å². The van der Waals surface area contributed by atoms with Crippen LogP contribution in [0.5, 0.6) is 0 Å². The Kier molecular flexibility index (Phi) is 4.64. The van der Waals surface area contributed by atoms with Crippen molar-refractivity contribution in [3.63, 3.8) is 0 Å². The van der Waals surface area contributed by atoms with E-state index in [1.165, 1.54) is 0 Å². The molecule has 0 spiro atoms. The lowest BCUT2D eigenvalue weighted by Crippen LogP contribution is -2.67. The highest BCUT2D eigenvalue weighted by molar-refractivity contribution is 5.98. The van der Waals surface area contributed by atoms with Crippen LogP contribution in [0.1, 0.15) is 52.1 Å². The number of esters is 1. The largest absolute Gasteiger partial charge is 0.447 e. The van der Waals surface area contributed by atoms with Crippen LogP contribution in [0.2, 0.25) is 0 Å². The Morgan fingerprint density at radius 1 is 1.26 bits per heavy atom. The first-order chi connectivity index (χ1) is 10.8. The predicted molar refractivity (Wildman–Crippen MR) is 89.7 cm³/mol. The molecular formula is C19H25NO3. The maximum Gasteiger partial charge on any atom is 0.332 e. The fourth-order valence-corrected chi connectivity index (χ4v) is 3.14. The number of carbonyl (C=O) groups excluding carboxylic acids is 2. The minimum Gasteiger partial charge on any atom is -0.447 e. The van der Waals surface area contributed by atoms with Gasteiger partial charge in [-0.05, 0) is 32.8 Å². The van der Waals surface area contributed by atoms with E-state index in [0.717, 1.165) is 5.56 Å². The van der Waals surface area contributed by atoms with Gasteiger partial charge in [-0.25, -0.2) is 4.79 Å². The second-order valence-electron chi connectivity index (χ2n) is 6.50. The first kappa shape index (κ1) is 17.3. The van der Waals surface area contributed by atoms with E-state index in [4.69, 9.17) is 4.74 Å². The molecule has 3 atom stereocenters. The zero-order chi connectivity index (χ0) is 17.3. The smallest absolute Gasteiger partial charge is 0.332 e. The van der Waals surface area contributed by atoms with Gasteiger partial charge in [0.1, 0.15) is 5.54 Å². The Morgan fingerprint density at radius 2 is 1.87 bits per heavy atom. The molecule has 4 nitrogen and oxygen atoms in total. The molecule has 1 aromatic rings. The van der Waals surface area contributed by atoms with E-state index in [2.05, 4.69) is 6.58 Å². The lowest BCUT2D eigenvalue weighted by Gasteiger charge is -2.51. The number of hydrogen-bond acceptors (Lipinski definition) is 3. The van der Waals surface area contributed by atoms with E-state index >= 15 is 0 Å². The monoisotopic (exact) mass is 315 g/mol. The predicted octanol–water partition coefficient (Wildman–Crippen LogP) is 3.64. The summed E-state index contributed by atoms with van der Waals surface area (Å²) >= 11 is 0. The number of rotatable bonds is 5. The molecule has 0 N–H and O–H groups in total. The minimum atomic E-state index is -1.18. The number of morpholine rings is 1. The van der Waals surface area contributed by atoms with Crippen molar-refractivity contribution in [2.45, 2.75) is 57.7 Å². The SMILES string of the molecule is C=CC[C@]1(C)OC(=O)[C@](C)(CC)N([C@@H](C)c2ccccc2)C1=O. The average Bonchev–Trinajstić information content (AvgIpc) is 2.54. The quantitative estimate of drug-likeness (QED) is 0.615. The highest BCUT2D eigenvalue weighted by atomic mass is 16.6. The number of ether oxygens (including phenoxy) is 1. The van der Waals surface area contributed by atoms with E-state index in [1.54, 1.807) is 24.8 Å². The highest BCUT2D eigenvalue weighted by Crippen LogP contribution is 2.40. The average molecular weight is 315 g/mol. The molecule has 2 rings (SSSR count). The van der Waals surface area contributed by atoms with E-state index in [1.807, 2.05) is 44.2 Å². The molecule has 1 aliphatic heterocycles. The third-order valence-corrected chi connectivity index (χ3v) is 4.85. The second-order valence-corrected chi connectivity index (χ2v) is 6.50. The molecule has 4 heteroatoms. The molecule has 0 bridgehead atoms. The molecule has 0 radical (unpaired) electrons. The van der Waals surface area contributed by atoms with Crippen molar-refractivity contribution >= 4 is 11.9 Å². The number of hydrogen-bond donors (Lipinski definition) is 0. The number of amides is 1. The van der Waals surface area contributed by atoms with Gasteiger partial charge < -0.3 is 9.64 Å². The summed E-state index contributed by atoms with van der Waals surface area (Å²) in [5.74, 6) is -0.524. The molecule has 1 amide bonds. The zero-order valence-corrected chi connectivity index (χ0v) is 14.3. The Balaban J connectivity index is 2.51. The number of benzene rings is 1. The molecule has 1 aromatic carbocycles. The summed E-state index contributed by atoms with van der Waals surface area (Å²) in [6.45, 7) is 11.0. The van der Waals surface area contributed by atoms with Crippen LogP contribution in [-0.4, -0.2) is 27.9 Å². The molecule has 23 heavy (non-hydrogen) atoms. The molecule has 0 aliphatic carbocycles. The van der Waals surface area contributed by atoms with Crippen molar-refractivity contribution in [1.82, 2.24) is 4.90 Å². The molecule has 0 saturated carbocycles. The van der Waals surface area contributed by atoms with Crippen molar-refractivity contribution < 1.29 is 14.3 Å². The van der Waals surface area contributed by atoms with Crippen LogP contribution in [0, 0.1) is 0 Å². The van der Waals surface area contributed by atoms with Gasteiger partial charge >= 0.3 is 5.97 Å². The van der Waals surface area contributed by atoms with Gasteiger partial charge in [0.2, 0.25) is 0 Å². The van der Waals surface area contributed by atoms with E-state index in [9.17, 15) is 9.59 Å². The van der Waals surface area contributed by atoms with Gasteiger partial charge in [-0.15, -0.1) is 6.58 Å². The summed E-state index contributed by atoms with van der Waals surface area (Å²) in [5.41, 5.74) is -1.15. The van der Waals surface area contributed by atoms with Crippen molar-refractivity contribution in [3.8, 4) is 0 Å². The van der Waals surface area contributed by atoms with Crippen molar-refractivity contribution in [2.24, 2.45) is 0 Å². The lowest BCUT2D eigenvalue weighted by molar-refractivity contribution is -0.203. The molecule has 1 fully saturated rings. The zero-order valence-electron chi connectivity index (χ0n) is 14.3. The summed E-state index contributed by atoms with van der Waals surface area (Å²) < 4.78 is 5.55. The van der Waals surface area contributed by atoms with Crippen LogP contribution in [-0.2, 0) is 14.3 Å². The summed E-state index contributed by atoms with van der Waals surface area (Å²) in [7, 11) is 0. The number of cyclic esters (lactones) is 1. The molecular weight excluding hydrogens is 290 g/mol. The molecule has 0 unspecified atom stereocenters. The van der Waals surface area contributed by atoms with Crippen LogP contribution >= 0.6 is 0 Å². The van der Waals surface area contributed by atoms with Crippen LogP contribution < -0.4 is 0 Å². The standard InChI is InChI=1S/C19H25NO3/c1-6-13-19(5)16(21)20(18(4,7-2)17(22)23-19)14(3)15-11-9-8-10-12-15/h6,8-12,14H,1,7,13H2,2-5H3/t14-,18-,19-/m0/s1. The maximum atomic E-state index is 13.2. The topological polar surface area (TPSA) is 46.6 Å². The van der Waals surface area contributed by atoms with Crippen LogP contribution in [0.3, 0.4) is 0 Å². The molecule has 1 saturated heterocycles. The van der Waals surface area contributed by atoms with Gasteiger partial charge in [-0.2, -0.15) is 0 Å². The Labute approximate surface area is 138 Å². The summed E-state index contributed by atoms with van der Waals surface area (Å²) in [5, 5.41) is 0. The van der Waals surface area contributed by atoms with E-state index in [-0.39, 0.29) is 17.9 Å². The summed E-state index contributed by atoms with van der Waals surface area (Å²) in [6, 6.07) is 9.53. The fraction of sp³-hybridized carbons (Fsp3) is 0.474. The Hall–Kier alpha value is -2.10. The van der Waals surface area contributed by atoms with E-state index in [0.29, 0.717) is 12.8 Å². The van der Waals surface area contributed by atoms with Gasteiger partial charge in [-0.1, -0.05) is 43.3 Å². The number of carbonyl (C=O) groups is 2. The number of nitrogens with zero attached hydrogens (tertiary/aromatic N) is 1. The maximum absolute atomic E-state index is 13.2. The lowest BCUT2D eigenvalue weighted by atomic mass is 9.85. The second kappa shape index (κ2) is 6.19. The van der Waals surface area contributed by atoms with E-state index < -0.39 is 11.1 Å². The first-order valence-electron chi connectivity index (χ1n) is 8.03. The van der Waals surface area contributed by atoms with Crippen LogP contribution in [0.15, 0.2) is 43.0 Å². The minimum absolute atomic E-state index is 0.169. The van der Waals surface area contributed by atoms with Gasteiger partial charge in [0.05, 0.1) is 6.04 Å². The van der Waals surface area contributed by atoms with Crippen LogP contribution in [0.4, 0.5) is 0 Å². The van der Waals surface area contributed by atoms with Crippen molar-refractivity contribution in [1.29, 1.82) is 0 Å². The summed E-state index contributed by atoms with van der Waals surface area (Å²) in [6.07, 6.45) is 2.42. The first-order valence-corrected chi connectivity index (χ1v) is 8.03. The van der Waals surface area contributed by atoms with Crippen molar-refractivity contribution in [3.05, 3.63) is 48.6 Å². The molecule has 1 heterocycles. The highest BCUT2D eigenvalue weighted by Gasteiger charge is 2.56. The summed E-state index contributed by atoms with van der Waals surface area (Å²) in [4.78, 5) is 27.5. The third-order valence-electron chi connectivity index (χ3n) is 4.85.